The zero-order chi connectivity index (χ0) is 20.0. The van der Waals surface area contributed by atoms with Crippen LogP contribution in [0.5, 0.6) is 0 Å². The number of nitrogens with zero attached hydrogens (tertiary/aromatic N) is 1. The molecule has 1 N–H and O–H groups in total. The zero-order valence-electron chi connectivity index (χ0n) is 15.5. The molecule has 1 atom stereocenters. The Kier molecular flexibility index (Phi) is 7.10. The number of likely N-dealkylation sites (tertiary alicyclic amines) is 1. The lowest BCUT2D eigenvalue weighted by Gasteiger charge is -2.32. The molecule has 1 saturated heterocycles. The van der Waals surface area contributed by atoms with E-state index in [-0.39, 0.29) is 36.9 Å². The van der Waals surface area contributed by atoms with Gasteiger partial charge in [0, 0.05) is 19.0 Å². The Morgan fingerprint density at radius 2 is 1.78 bits per heavy atom. The van der Waals surface area contributed by atoms with Crippen LogP contribution in [-0.4, -0.2) is 42.8 Å². The Labute approximate surface area is 156 Å². The van der Waals surface area contributed by atoms with Gasteiger partial charge in [-0.3, -0.25) is 4.79 Å². The summed E-state index contributed by atoms with van der Waals surface area (Å²) in [6.45, 7) is 2.85. The van der Waals surface area contributed by atoms with Crippen molar-refractivity contribution in [2.45, 2.75) is 38.9 Å². The Bertz CT molecular complexity index is 627. The third kappa shape index (κ3) is 6.45. The maximum Gasteiger partial charge on any atom is 0.422 e. The lowest BCUT2D eigenvalue weighted by atomic mass is 9.92. The van der Waals surface area contributed by atoms with E-state index in [1.807, 2.05) is 44.2 Å². The predicted octanol–water partition coefficient (Wildman–Crippen LogP) is 3.91. The van der Waals surface area contributed by atoms with Gasteiger partial charge in [0.25, 0.3) is 0 Å². The molecule has 1 fully saturated rings. The summed E-state index contributed by atoms with van der Waals surface area (Å²) < 4.78 is 40.6. The van der Waals surface area contributed by atoms with Crippen molar-refractivity contribution >= 4 is 12.0 Å². The quantitative estimate of drug-likeness (QED) is 0.835. The fraction of sp³-hybridized carbons (Fsp3) is 0.579. The molecule has 2 rings (SSSR count). The largest absolute Gasteiger partial charge is 0.440 e. The number of rotatable bonds is 5. The summed E-state index contributed by atoms with van der Waals surface area (Å²) in [7, 11) is 0. The summed E-state index contributed by atoms with van der Waals surface area (Å²) in [5.74, 6) is -0.170. The van der Waals surface area contributed by atoms with Gasteiger partial charge >= 0.3 is 12.3 Å². The van der Waals surface area contributed by atoms with Gasteiger partial charge in [-0.1, -0.05) is 44.2 Å². The van der Waals surface area contributed by atoms with Crippen molar-refractivity contribution in [3.8, 4) is 0 Å². The molecule has 8 heteroatoms. The topological polar surface area (TPSA) is 58.6 Å². The molecule has 1 aromatic rings. The van der Waals surface area contributed by atoms with Crippen LogP contribution in [0.4, 0.5) is 18.0 Å². The van der Waals surface area contributed by atoms with Crippen LogP contribution in [0.15, 0.2) is 30.3 Å². The minimum Gasteiger partial charge on any atom is -0.440 e. The van der Waals surface area contributed by atoms with Crippen molar-refractivity contribution in [2.75, 3.05) is 19.7 Å². The normalized spacial score (nSPS) is 16.9. The second kappa shape index (κ2) is 9.10. The standard InChI is InChI=1S/C19H25F3N2O3/c1-13(2)16(14-6-4-3-5-7-14)23-17(25)15-8-10-24(11-9-15)18(26)27-12-19(20,21)22/h3-7,13,15-16H,8-12H2,1-2H3,(H,23,25). The molecule has 1 heterocycles. The van der Waals surface area contributed by atoms with Gasteiger partial charge in [-0.05, 0) is 24.3 Å². The van der Waals surface area contributed by atoms with Gasteiger partial charge in [0.2, 0.25) is 5.91 Å². The highest BCUT2D eigenvalue weighted by atomic mass is 19.4. The van der Waals surface area contributed by atoms with Crippen molar-refractivity contribution < 1.29 is 27.5 Å². The summed E-state index contributed by atoms with van der Waals surface area (Å²) in [6.07, 6.45) is -4.74. The Hall–Kier alpha value is -2.25. The van der Waals surface area contributed by atoms with Crippen LogP contribution in [0.25, 0.3) is 0 Å². The molecule has 1 aliphatic rings. The van der Waals surface area contributed by atoms with E-state index < -0.39 is 18.9 Å². The van der Waals surface area contributed by atoms with Gasteiger partial charge in [-0.25, -0.2) is 4.79 Å². The minimum absolute atomic E-state index is 0.0964. The number of ether oxygens (including phenoxy) is 1. The Morgan fingerprint density at radius 1 is 1.19 bits per heavy atom. The van der Waals surface area contributed by atoms with Gasteiger partial charge in [-0.15, -0.1) is 0 Å². The summed E-state index contributed by atoms with van der Waals surface area (Å²) in [6, 6.07) is 9.56. The van der Waals surface area contributed by atoms with Gasteiger partial charge < -0.3 is 15.0 Å². The molecule has 150 valence electrons. The molecular weight excluding hydrogens is 361 g/mol. The maximum atomic E-state index is 12.6. The van der Waals surface area contributed by atoms with Crippen LogP contribution in [-0.2, 0) is 9.53 Å². The molecule has 27 heavy (non-hydrogen) atoms. The van der Waals surface area contributed by atoms with E-state index in [0.29, 0.717) is 12.8 Å². The fourth-order valence-corrected chi connectivity index (χ4v) is 3.13. The average molecular weight is 386 g/mol. The van der Waals surface area contributed by atoms with Crippen LogP contribution in [0.1, 0.15) is 38.3 Å². The monoisotopic (exact) mass is 386 g/mol. The highest BCUT2D eigenvalue weighted by molar-refractivity contribution is 5.79. The molecule has 1 aromatic carbocycles. The van der Waals surface area contributed by atoms with Crippen LogP contribution in [0, 0.1) is 11.8 Å². The zero-order valence-corrected chi connectivity index (χ0v) is 15.5. The maximum absolute atomic E-state index is 12.6. The second-order valence-electron chi connectivity index (χ2n) is 7.07. The van der Waals surface area contributed by atoms with E-state index in [9.17, 15) is 22.8 Å². The van der Waals surface area contributed by atoms with Gasteiger partial charge in [0.1, 0.15) is 0 Å². The molecule has 1 unspecified atom stereocenters. The first kappa shape index (κ1) is 21.1. The molecule has 5 nitrogen and oxygen atoms in total. The number of hydrogen-bond acceptors (Lipinski definition) is 3. The summed E-state index contributed by atoms with van der Waals surface area (Å²) >= 11 is 0. The van der Waals surface area contributed by atoms with Crippen LogP contribution in [0.3, 0.4) is 0 Å². The van der Waals surface area contributed by atoms with E-state index in [2.05, 4.69) is 10.1 Å². The molecule has 0 saturated carbocycles. The van der Waals surface area contributed by atoms with Crippen molar-refractivity contribution in [1.82, 2.24) is 10.2 Å². The van der Waals surface area contributed by atoms with Crippen LogP contribution in [0.2, 0.25) is 0 Å². The van der Waals surface area contributed by atoms with Crippen molar-refractivity contribution in [2.24, 2.45) is 11.8 Å². The van der Waals surface area contributed by atoms with E-state index in [1.54, 1.807) is 0 Å². The molecule has 0 aliphatic carbocycles. The molecule has 0 aromatic heterocycles. The number of halogens is 3. The minimum atomic E-state index is -4.54. The van der Waals surface area contributed by atoms with E-state index >= 15 is 0 Å². The number of nitrogens with one attached hydrogen (secondary N) is 1. The van der Waals surface area contributed by atoms with E-state index in [0.717, 1.165) is 5.56 Å². The number of carbonyl (C=O) groups is 2. The number of carbonyl (C=O) groups excluding carboxylic acids is 2. The van der Waals surface area contributed by atoms with Gasteiger partial charge in [0.05, 0.1) is 6.04 Å². The number of benzene rings is 1. The first-order chi connectivity index (χ1) is 12.7. The second-order valence-corrected chi connectivity index (χ2v) is 7.07. The Balaban J connectivity index is 1.86. The number of hydrogen-bond donors (Lipinski definition) is 1. The van der Waals surface area contributed by atoms with E-state index in [1.165, 1.54) is 4.90 Å². The van der Waals surface area contributed by atoms with E-state index in [4.69, 9.17) is 0 Å². The third-order valence-electron chi connectivity index (χ3n) is 4.61. The molecular formula is C19H25F3N2O3. The molecule has 0 bridgehead atoms. The number of amides is 2. The predicted molar refractivity (Wildman–Crippen MR) is 93.9 cm³/mol. The van der Waals surface area contributed by atoms with Gasteiger partial charge in [-0.2, -0.15) is 13.2 Å². The van der Waals surface area contributed by atoms with Crippen LogP contribution >= 0.6 is 0 Å². The smallest absolute Gasteiger partial charge is 0.422 e. The highest BCUT2D eigenvalue weighted by Gasteiger charge is 2.33. The molecule has 0 radical (unpaired) electrons. The summed E-state index contributed by atoms with van der Waals surface area (Å²) in [4.78, 5) is 25.5. The van der Waals surface area contributed by atoms with Crippen LogP contribution < -0.4 is 5.32 Å². The molecule has 1 aliphatic heterocycles. The number of piperidine rings is 1. The van der Waals surface area contributed by atoms with Gasteiger partial charge in [0.15, 0.2) is 6.61 Å². The average Bonchev–Trinajstić information content (AvgIpc) is 2.64. The first-order valence-electron chi connectivity index (χ1n) is 9.01. The first-order valence-corrected chi connectivity index (χ1v) is 9.01. The van der Waals surface area contributed by atoms with Crippen molar-refractivity contribution in [3.05, 3.63) is 35.9 Å². The highest BCUT2D eigenvalue weighted by Crippen LogP contribution is 2.25. The molecule has 2 amide bonds. The number of alkyl halides is 3. The summed E-state index contributed by atoms with van der Waals surface area (Å²) in [5.41, 5.74) is 1.02. The Morgan fingerprint density at radius 3 is 2.30 bits per heavy atom. The van der Waals surface area contributed by atoms with Crippen molar-refractivity contribution in [1.29, 1.82) is 0 Å². The lowest BCUT2D eigenvalue weighted by molar-refractivity contribution is -0.162. The SMILES string of the molecule is CC(C)C(NC(=O)C1CCN(C(=O)OCC(F)(F)F)CC1)c1ccccc1. The lowest BCUT2D eigenvalue weighted by Crippen LogP contribution is -2.45. The fourth-order valence-electron chi connectivity index (χ4n) is 3.13. The third-order valence-corrected chi connectivity index (χ3v) is 4.61. The summed E-state index contributed by atoms with van der Waals surface area (Å²) in [5, 5.41) is 3.07. The van der Waals surface area contributed by atoms with Crippen molar-refractivity contribution in [3.63, 3.8) is 0 Å². The molecule has 0 spiro atoms.